The van der Waals surface area contributed by atoms with Gasteiger partial charge in [-0.25, -0.2) is 4.79 Å². The van der Waals surface area contributed by atoms with E-state index in [-0.39, 0.29) is 16.0 Å². The molecule has 0 radical (unpaired) electrons. The van der Waals surface area contributed by atoms with Gasteiger partial charge in [0.1, 0.15) is 0 Å². The molecule has 10 heteroatoms. The zero-order valence-electron chi connectivity index (χ0n) is 12.3. The highest BCUT2D eigenvalue weighted by molar-refractivity contribution is 6.31. The van der Waals surface area contributed by atoms with Gasteiger partial charge in [0, 0.05) is 16.7 Å². The molecule has 1 heterocycles. The summed E-state index contributed by atoms with van der Waals surface area (Å²) >= 11 is 5.77. The van der Waals surface area contributed by atoms with Gasteiger partial charge in [0.2, 0.25) is 5.75 Å². The molecule has 3 rings (SSSR count). The third kappa shape index (κ3) is 3.00. The number of hydrogen-bond acceptors (Lipinski definition) is 6. The molecule has 0 amide bonds. The Labute approximate surface area is 143 Å². The van der Waals surface area contributed by atoms with Gasteiger partial charge in [-0.3, -0.25) is 14.9 Å². The van der Waals surface area contributed by atoms with Crippen LogP contribution in [0.5, 0.6) is 5.75 Å². The van der Waals surface area contributed by atoms with Crippen LogP contribution in [0.2, 0.25) is 5.02 Å². The van der Waals surface area contributed by atoms with E-state index in [0.29, 0.717) is 10.2 Å². The molecule has 9 nitrogen and oxygen atoms in total. The summed E-state index contributed by atoms with van der Waals surface area (Å²) in [5.41, 5.74) is -1.85. The highest BCUT2D eigenvalue weighted by atomic mass is 35.5. The maximum atomic E-state index is 12.3. The minimum Gasteiger partial charge on any atom is -0.502 e. The van der Waals surface area contributed by atoms with Crippen molar-refractivity contribution >= 4 is 34.4 Å². The van der Waals surface area contributed by atoms with E-state index in [2.05, 4.69) is 10.1 Å². The van der Waals surface area contributed by atoms with Gasteiger partial charge in [-0.1, -0.05) is 23.7 Å². The number of nitrogens with one attached hydrogen (secondary N) is 1. The average molecular weight is 361 g/mol. The van der Waals surface area contributed by atoms with Crippen molar-refractivity contribution in [3.63, 3.8) is 0 Å². The summed E-state index contributed by atoms with van der Waals surface area (Å²) in [6, 6.07) is 8.56. The van der Waals surface area contributed by atoms with E-state index < -0.39 is 27.6 Å². The summed E-state index contributed by atoms with van der Waals surface area (Å²) in [5.74, 6) is -0.677. The second-order valence-corrected chi connectivity index (χ2v) is 5.39. The zero-order valence-corrected chi connectivity index (χ0v) is 13.1. The standard InChI is InChI=1S/C15H9ClN4O5/c16-9-5-8(13(21)12(6-9)20(24)25)7-17-19-14(22)10-3-1-2-4-11(10)18-15(19)23/h1-7,21H,(H,18,23)/b17-7+. The molecule has 2 aromatic carbocycles. The van der Waals surface area contributed by atoms with E-state index in [1.165, 1.54) is 12.1 Å². The molecule has 0 saturated carbocycles. The monoisotopic (exact) mass is 360 g/mol. The van der Waals surface area contributed by atoms with Crippen LogP contribution in [-0.4, -0.2) is 25.9 Å². The maximum Gasteiger partial charge on any atom is 0.349 e. The molecule has 0 bridgehead atoms. The predicted molar refractivity (Wildman–Crippen MR) is 91.6 cm³/mol. The van der Waals surface area contributed by atoms with Crippen LogP contribution in [0.1, 0.15) is 5.56 Å². The molecule has 3 aromatic rings. The number of nitro benzene ring substituents is 1. The van der Waals surface area contributed by atoms with Gasteiger partial charge in [-0.2, -0.15) is 5.10 Å². The van der Waals surface area contributed by atoms with Gasteiger partial charge in [-0.05, 0) is 18.2 Å². The Bertz CT molecular complexity index is 1150. The maximum absolute atomic E-state index is 12.3. The number of aromatic hydroxyl groups is 1. The van der Waals surface area contributed by atoms with Crippen LogP contribution >= 0.6 is 11.6 Å². The molecule has 0 saturated heterocycles. The van der Waals surface area contributed by atoms with Crippen LogP contribution in [0.3, 0.4) is 0 Å². The molecule has 1 aromatic heterocycles. The minimum atomic E-state index is -0.812. The van der Waals surface area contributed by atoms with Crippen molar-refractivity contribution in [2.75, 3.05) is 0 Å². The lowest BCUT2D eigenvalue weighted by atomic mass is 10.2. The Morgan fingerprint density at radius 2 is 2.00 bits per heavy atom. The fourth-order valence-electron chi connectivity index (χ4n) is 2.22. The number of phenols is 1. The number of nitro groups is 1. The molecule has 0 unspecified atom stereocenters. The fraction of sp³-hybridized carbons (Fsp3) is 0. The van der Waals surface area contributed by atoms with Crippen molar-refractivity contribution in [2.45, 2.75) is 0 Å². The van der Waals surface area contributed by atoms with Gasteiger partial charge < -0.3 is 10.1 Å². The Morgan fingerprint density at radius 1 is 1.28 bits per heavy atom. The quantitative estimate of drug-likeness (QED) is 0.418. The summed E-state index contributed by atoms with van der Waals surface area (Å²) < 4.78 is 0.550. The minimum absolute atomic E-state index is 0.00859. The third-order valence-electron chi connectivity index (χ3n) is 3.38. The fourth-order valence-corrected chi connectivity index (χ4v) is 2.44. The first-order valence-corrected chi connectivity index (χ1v) is 7.21. The Kier molecular flexibility index (Phi) is 4.07. The van der Waals surface area contributed by atoms with Crippen LogP contribution in [0.25, 0.3) is 10.9 Å². The lowest BCUT2D eigenvalue weighted by molar-refractivity contribution is -0.385. The predicted octanol–water partition coefficient (Wildman–Crippen LogP) is 1.84. The molecular weight excluding hydrogens is 352 g/mol. The molecular formula is C15H9ClN4O5. The molecule has 0 aliphatic rings. The number of H-pyrrole nitrogens is 1. The second-order valence-electron chi connectivity index (χ2n) is 4.96. The average Bonchev–Trinajstić information content (AvgIpc) is 2.57. The van der Waals surface area contributed by atoms with E-state index in [1.807, 2.05) is 0 Å². The number of halogens is 1. The van der Waals surface area contributed by atoms with Crippen LogP contribution < -0.4 is 11.2 Å². The van der Waals surface area contributed by atoms with E-state index >= 15 is 0 Å². The largest absolute Gasteiger partial charge is 0.502 e. The van der Waals surface area contributed by atoms with E-state index in [1.54, 1.807) is 18.2 Å². The highest BCUT2D eigenvalue weighted by Gasteiger charge is 2.18. The van der Waals surface area contributed by atoms with Crippen LogP contribution in [0.4, 0.5) is 5.69 Å². The van der Waals surface area contributed by atoms with E-state index in [9.17, 15) is 24.8 Å². The molecule has 0 atom stereocenters. The number of rotatable bonds is 3. The lowest BCUT2D eigenvalue weighted by Crippen LogP contribution is -2.32. The van der Waals surface area contributed by atoms with Crippen molar-refractivity contribution in [3.8, 4) is 5.75 Å². The molecule has 0 spiro atoms. The normalized spacial score (nSPS) is 11.2. The van der Waals surface area contributed by atoms with Crippen LogP contribution in [0, 0.1) is 10.1 Å². The molecule has 0 aliphatic carbocycles. The van der Waals surface area contributed by atoms with Gasteiger partial charge in [0.05, 0.1) is 22.0 Å². The number of phenolic OH excluding ortho intramolecular Hbond substituents is 1. The first kappa shape index (κ1) is 16.4. The SMILES string of the molecule is O=c1[nH]c2ccccc2c(=O)n1/N=C/c1cc(Cl)cc([N+](=O)[O-])c1O. The van der Waals surface area contributed by atoms with E-state index in [0.717, 1.165) is 12.3 Å². The van der Waals surface area contributed by atoms with Gasteiger partial charge in [0.25, 0.3) is 5.56 Å². The topological polar surface area (TPSA) is 131 Å². The Balaban J connectivity index is 2.16. The first-order chi connectivity index (χ1) is 11.9. The molecule has 0 aliphatic heterocycles. The number of benzene rings is 2. The van der Waals surface area contributed by atoms with Crippen molar-refractivity contribution in [2.24, 2.45) is 5.10 Å². The molecule has 0 fully saturated rings. The zero-order chi connectivity index (χ0) is 18.1. The smallest absolute Gasteiger partial charge is 0.349 e. The second kappa shape index (κ2) is 6.21. The Morgan fingerprint density at radius 3 is 2.72 bits per heavy atom. The number of aromatic amines is 1. The molecule has 2 N–H and O–H groups in total. The van der Waals surface area contributed by atoms with Crippen molar-refractivity contribution in [1.29, 1.82) is 0 Å². The number of nitrogens with zero attached hydrogens (tertiary/aromatic N) is 3. The van der Waals surface area contributed by atoms with Gasteiger partial charge in [-0.15, -0.1) is 4.68 Å². The number of para-hydroxylation sites is 1. The number of hydrogen-bond donors (Lipinski definition) is 2. The van der Waals surface area contributed by atoms with E-state index in [4.69, 9.17) is 11.6 Å². The summed E-state index contributed by atoms with van der Waals surface area (Å²) in [6.07, 6.45) is 0.944. The Hall–Kier alpha value is -3.46. The van der Waals surface area contributed by atoms with Gasteiger partial charge >= 0.3 is 11.4 Å². The summed E-state index contributed by atoms with van der Waals surface area (Å²) in [4.78, 5) is 36.9. The highest BCUT2D eigenvalue weighted by Crippen LogP contribution is 2.32. The summed E-state index contributed by atoms with van der Waals surface area (Å²) in [7, 11) is 0. The molecule has 126 valence electrons. The number of aromatic nitrogens is 2. The van der Waals surface area contributed by atoms with Gasteiger partial charge in [0.15, 0.2) is 0 Å². The van der Waals surface area contributed by atoms with Crippen LogP contribution in [0.15, 0.2) is 51.1 Å². The third-order valence-corrected chi connectivity index (χ3v) is 3.60. The van der Waals surface area contributed by atoms with Crippen molar-refractivity contribution < 1.29 is 10.0 Å². The summed E-state index contributed by atoms with van der Waals surface area (Å²) in [6.45, 7) is 0. The van der Waals surface area contributed by atoms with Crippen LogP contribution in [-0.2, 0) is 0 Å². The lowest BCUT2D eigenvalue weighted by Gasteiger charge is -2.03. The first-order valence-electron chi connectivity index (χ1n) is 6.84. The number of fused-ring (bicyclic) bond motifs is 1. The molecule has 25 heavy (non-hydrogen) atoms. The van der Waals surface area contributed by atoms with Crippen molar-refractivity contribution in [1.82, 2.24) is 9.66 Å². The summed E-state index contributed by atoms with van der Waals surface area (Å²) in [5, 5.41) is 24.7. The van der Waals surface area contributed by atoms with Crippen molar-refractivity contribution in [3.05, 3.63) is 77.9 Å².